The van der Waals surface area contributed by atoms with Gasteiger partial charge in [-0.2, -0.15) is 17.4 Å². The third kappa shape index (κ3) is 3.53. The van der Waals surface area contributed by atoms with E-state index in [1.165, 1.54) is 24.0 Å². The number of nitrogens with zero attached hydrogens (tertiary/aromatic N) is 2. The highest BCUT2D eigenvalue weighted by molar-refractivity contribution is 7.87. The maximum absolute atomic E-state index is 12.0. The monoisotopic (exact) mass is 335 g/mol. The van der Waals surface area contributed by atoms with Crippen molar-refractivity contribution in [1.29, 1.82) is 0 Å². The molecule has 1 aromatic heterocycles. The first kappa shape index (κ1) is 16.3. The molecule has 1 fully saturated rings. The average molecular weight is 335 g/mol. The SMILES string of the molecule is CN(C)S(=O)(=O)N[C@@H]1COC[C@H]1Cc1ccnc2ccccc12. The molecule has 23 heavy (non-hydrogen) atoms. The van der Waals surface area contributed by atoms with Crippen LogP contribution in [0.4, 0.5) is 0 Å². The first-order valence-corrected chi connectivity index (χ1v) is 9.01. The number of benzene rings is 1. The first-order valence-electron chi connectivity index (χ1n) is 7.57. The molecule has 0 bridgehead atoms. The van der Waals surface area contributed by atoms with E-state index in [0.717, 1.165) is 17.3 Å². The molecule has 124 valence electrons. The van der Waals surface area contributed by atoms with E-state index >= 15 is 0 Å². The zero-order chi connectivity index (χ0) is 16.4. The van der Waals surface area contributed by atoms with Gasteiger partial charge < -0.3 is 4.74 Å². The molecule has 1 N–H and O–H groups in total. The van der Waals surface area contributed by atoms with E-state index < -0.39 is 10.2 Å². The van der Waals surface area contributed by atoms with Gasteiger partial charge in [-0.25, -0.2) is 0 Å². The number of rotatable bonds is 5. The molecule has 6 nitrogen and oxygen atoms in total. The second-order valence-corrected chi connectivity index (χ2v) is 7.92. The van der Waals surface area contributed by atoms with Crippen molar-refractivity contribution in [3.63, 3.8) is 0 Å². The Morgan fingerprint density at radius 1 is 1.26 bits per heavy atom. The third-order valence-electron chi connectivity index (χ3n) is 4.20. The van der Waals surface area contributed by atoms with E-state index in [9.17, 15) is 8.42 Å². The Labute approximate surface area is 136 Å². The summed E-state index contributed by atoms with van der Waals surface area (Å²) in [5.41, 5.74) is 2.12. The lowest BCUT2D eigenvalue weighted by Gasteiger charge is -2.21. The molecule has 0 unspecified atom stereocenters. The lowest BCUT2D eigenvalue weighted by atomic mass is 9.93. The van der Waals surface area contributed by atoms with E-state index in [1.54, 1.807) is 6.20 Å². The quantitative estimate of drug-likeness (QED) is 0.891. The van der Waals surface area contributed by atoms with Crippen LogP contribution in [0.25, 0.3) is 10.9 Å². The Morgan fingerprint density at radius 2 is 2.04 bits per heavy atom. The summed E-state index contributed by atoms with van der Waals surface area (Å²) in [6, 6.07) is 9.77. The fourth-order valence-corrected chi connectivity index (χ4v) is 3.70. The lowest BCUT2D eigenvalue weighted by Crippen LogP contribution is -2.45. The van der Waals surface area contributed by atoms with Gasteiger partial charge in [0.15, 0.2) is 0 Å². The van der Waals surface area contributed by atoms with E-state index in [-0.39, 0.29) is 12.0 Å². The zero-order valence-electron chi connectivity index (χ0n) is 13.3. The molecule has 1 aliphatic rings. The van der Waals surface area contributed by atoms with Crippen molar-refractivity contribution in [2.24, 2.45) is 5.92 Å². The summed E-state index contributed by atoms with van der Waals surface area (Å²) in [5, 5.41) is 1.11. The van der Waals surface area contributed by atoms with Crippen molar-refractivity contribution in [3.05, 3.63) is 42.1 Å². The molecule has 2 heterocycles. The van der Waals surface area contributed by atoms with Gasteiger partial charge in [0.2, 0.25) is 0 Å². The van der Waals surface area contributed by atoms with E-state index in [1.807, 2.05) is 30.3 Å². The van der Waals surface area contributed by atoms with Gasteiger partial charge in [0.1, 0.15) is 0 Å². The molecule has 2 atom stereocenters. The van der Waals surface area contributed by atoms with Gasteiger partial charge in [0.25, 0.3) is 10.2 Å². The highest BCUT2D eigenvalue weighted by Crippen LogP contribution is 2.24. The molecule has 1 aliphatic heterocycles. The highest BCUT2D eigenvalue weighted by atomic mass is 32.2. The van der Waals surface area contributed by atoms with Crippen LogP contribution in [-0.2, 0) is 21.4 Å². The lowest BCUT2D eigenvalue weighted by molar-refractivity contribution is 0.183. The summed E-state index contributed by atoms with van der Waals surface area (Å²) in [6.45, 7) is 0.956. The van der Waals surface area contributed by atoms with Crippen LogP contribution in [-0.4, -0.2) is 51.1 Å². The Balaban J connectivity index is 1.81. The summed E-state index contributed by atoms with van der Waals surface area (Å²) < 4.78 is 33.5. The van der Waals surface area contributed by atoms with Gasteiger partial charge in [-0.3, -0.25) is 4.98 Å². The van der Waals surface area contributed by atoms with Crippen molar-refractivity contribution in [1.82, 2.24) is 14.0 Å². The van der Waals surface area contributed by atoms with Crippen LogP contribution in [0.15, 0.2) is 36.5 Å². The standard InChI is InChI=1S/C16H21N3O3S/c1-19(2)23(20,21)18-16-11-22-10-13(16)9-12-7-8-17-15-6-4-3-5-14(12)15/h3-8,13,16,18H,9-11H2,1-2H3/t13-,16-/m1/s1. The number of pyridine rings is 1. The molecule has 3 rings (SSSR count). The summed E-state index contributed by atoms with van der Waals surface area (Å²) >= 11 is 0. The largest absolute Gasteiger partial charge is 0.379 e. The molecule has 0 radical (unpaired) electrons. The van der Waals surface area contributed by atoms with E-state index in [0.29, 0.717) is 13.2 Å². The summed E-state index contributed by atoms with van der Waals surface area (Å²) in [7, 11) is -0.424. The molecule has 0 aliphatic carbocycles. The molecule has 7 heteroatoms. The van der Waals surface area contributed by atoms with Gasteiger partial charge >= 0.3 is 0 Å². The minimum Gasteiger partial charge on any atom is -0.379 e. The fraction of sp³-hybridized carbons (Fsp3) is 0.438. The van der Waals surface area contributed by atoms with Gasteiger partial charge in [-0.1, -0.05) is 18.2 Å². The van der Waals surface area contributed by atoms with Crippen LogP contribution in [0.2, 0.25) is 0 Å². The topological polar surface area (TPSA) is 71.5 Å². The minimum atomic E-state index is -3.46. The van der Waals surface area contributed by atoms with E-state index in [2.05, 4.69) is 9.71 Å². The Kier molecular flexibility index (Phi) is 4.63. The Bertz CT molecular complexity index is 787. The van der Waals surface area contributed by atoms with Crippen LogP contribution >= 0.6 is 0 Å². The van der Waals surface area contributed by atoms with Crippen LogP contribution < -0.4 is 4.72 Å². The van der Waals surface area contributed by atoms with Gasteiger partial charge in [-0.05, 0) is 24.1 Å². The van der Waals surface area contributed by atoms with Crippen LogP contribution in [0.5, 0.6) is 0 Å². The normalized spacial score (nSPS) is 22.0. The number of hydrogen-bond acceptors (Lipinski definition) is 4. The second-order valence-electron chi connectivity index (χ2n) is 6.00. The number of nitrogens with one attached hydrogen (secondary N) is 1. The van der Waals surface area contributed by atoms with Crippen molar-refractivity contribution < 1.29 is 13.2 Å². The van der Waals surface area contributed by atoms with Crippen molar-refractivity contribution in [2.75, 3.05) is 27.3 Å². The van der Waals surface area contributed by atoms with Crippen molar-refractivity contribution >= 4 is 21.1 Å². The highest BCUT2D eigenvalue weighted by Gasteiger charge is 2.32. The molecule has 0 spiro atoms. The van der Waals surface area contributed by atoms with Crippen molar-refractivity contribution in [3.8, 4) is 0 Å². The number of ether oxygens (including phenoxy) is 1. The van der Waals surface area contributed by atoms with Gasteiger partial charge in [0.05, 0.1) is 24.8 Å². The minimum absolute atomic E-state index is 0.107. The molecule has 0 amide bonds. The molecular weight excluding hydrogens is 314 g/mol. The molecule has 1 saturated heterocycles. The molecule has 1 aromatic carbocycles. The smallest absolute Gasteiger partial charge is 0.279 e. The maximum Gasteiger partial charge on any atom is 0.279 e. The number of hydrogen-bond donors (Lipinski definition) is 1. The van der Waals surface area contributed by atoms with Crippen LogP contribution in [0.1, 0.15) is 5.56 Å². The number of para-hydroxylation sites is 1. The fourth-order valence-electron chi connectivity index (χ4n) is 2.84. The predicted octanol–water partition coefficient (Wildman–Crippen LogP) is 1.19. The van der Waals surface area contributed by atoms with Gasteiger partial charge in [-0.15, -0.1) is 0 Å². The molecular formula is C16H21N3O3S. The predicted molar refractivity (Wildman–Crippen MR) is 89.3 cm³/mol. The van der Waals surface area contributed by atoms with Gasteiger partial charge in [0, 0.05) is 31.6 Å². The first-order chi connectivity index (χ1) is 11.0. The Morgan fingerprint density at radius 3 is 2.83 bits per heavy atom. The molecule has 0 saturated carbocycles. The summed E-state index contributed by atoms with van der Waals surface area (Å²) in [5.74, 6) is 0.107. The number of aromatic nitrogens is 1. The zero-order valence-corrected chi connectivity index (χ0v) is 14.1. The van der Waals surface area contributed by atoms with Crippen molar-refractivity contribution in [2.45, 2.75) is 12.5 Å². The average Bonchev–Trinajstić information content (AvgIpc) is 2.94. The third-order valence-corrected chi connectivity index (χ3v) is 5.76. The van der Waals surface area contributed by atoms with Crippen LogP contribution in [0.3, 0.4) is 0 Å². The second kappa shape index (κ2) is 6.52. The van der Waals surface area contributed by atoms with E-state index in [4.69, 9.17) is 4.74 Å². The number of fused-ring (bicyclic) bond motifs is 1. The molecule has 2 aromatic rings. The Hall–Kier alpha value is -1.54. The summed E-state index contributed by atoms with van der Waals surface area (Å²) in [4.78, 5) is 4.37. The van der Waals surface area contributed by atoms with Crippen LogP contribution in [0, 0.1) is 5.92 Å². The summed E-state index contributed by atoms with van der Waals surface area (Å²) in [6.07, 6.45) is 2.55. The maximum atomic E-state index is 12.0.